The van der Waals surface area contributed by atoms with E-state index in [1.807, 2.05) is 52.0 Å². The van der Waals surface area contributed by atoms with Crippen molar-refractivity contribution in [3.63, 3.8) is 0 Å². The Morgan fingerprint density at radius 3 is 1.91 bits per heavy atom. The maximum atomic E-state index is 13.9. The molecule has 2 aromatic carbocycles. The van der Waals surface area contributed by atoms with Gasteiger partial charge < -0.3 is 39.1 Å². The molecule has 4 amide bonds. The summed E-state index contributed by atoms with van der Waals surface area (Å²) >= 11 is 0. The van der Waals surface area contributed by atoms with Crippen LogP contribution in [0.1, 0.15) is 77.0 Å². The number of alkyl carbamates (subject to hydrolysis) is 1. The SMILES string of the molecule is COC(=O)N[C@H](C(=O)N1CCC[C@H]1c1ncc(-c2ccc(-c3ccc(-c4cnc(C5CC6(CC5C(=O)N(NC(=O)OC)C(C)C)OCCO6)[nH]4)cc3)cc2)[nH]1)C(C)C. The van der Waals surface area contributed by atoms with Crippen molar-refractivity contribution >= 4 is 24.0 Å². The summed E-state index contributed by atoms with van der Waals surface area (Å²) < 4.78 is 21.6. The molecule has 0 bridgehead atoms. The molecule has 308 valence electrons. The van der Waals surface area contributed by atoms with Gasteiger partial charge in [0.2, 0.25) is 11.8 Å². The van der Waals surface area contributed by atoms with Crippen LogP contribution >= 0.6 is 0 Å². The van der Waals surface area contributed by atoms with Gasteiger partial charge in [-0.15, -0.1) is 0 Å². The Labute approximate surface area is 337 Å². The Morgan fingerprint density at radius 1 is 0.810 bits per heavy atom. The molecule has 4 atom stereocenters. The van der Waals surface area contributed by atoms with Gasteiger partial charge in [-0.3, -0.25) is 9.59 Å². The Bertz CT molecular complexity index is 2090. The number of aromatic nitrogens is 4. The monoisotopic (exact) mass is 796 g/mol. The molecule has 2 aromatic heterocycles. The topological polar surface area (TPSA) is 193 Å². The first-order valence-electron chi connectivity index (χ1n) is 19.8. The Morgan fingerprint density at radius 2 is 1.36 bits per heavy atom. The standard InChI is InChI=1S/C42H52N8O8/c1-24(2)35(47-40(53)55-5)39(52)49-17-7-8-34(49)37-44-23-33(46-37)29-15-11-27(12-16-29)26-9-13-28(14-10-26)32-22-43-36(45-32)30-20-42(57-18-19-58-42)21-31(30)38(51)50(25(3)4)48-41(54)56-6/h9-16,22-25,30-31,34-35H,7-8,17-21H2,1-6H3,(H,43,45)(H,44,46)(H,47,53)(H,48,54)/t30?,31?,34-,35-/m0/s1. The zero-order valence-corrected chi connectivity index (χ0v) is 33.7. The number of rotatable bonds is 10. The van der Waals surface area contributed by atoms with Gasteiger partial charge >= 0.3 is 12.2 Å². The highest BCUT2D eigenvalue weighted by atomic mass is 16.7. The normalized spacial score (nSPS) is 20.4. The predicted molar refractivity (Wildman–Crippen MR) is 213 cm³/mol. The summed E-state index contributed by atoms with van der Waals surface area (Å²) in [5.74, 6) is -0.942. The summed E-state index contributed by atoms with van der Waals surface area (Å²) in [7, 11) is 2.54. The smallest absolute Gasteiger partial charge is 0.425 e. The fourth-order valence-electron chi connectivity index (χ4n) is 8.28. The van der Waals surface area contributed by atoms with E-state index in [0.717, 1.165) is 46.5 Å². The van der Waals surface area contributed by atoms with E-state index in [2.05, 4.69) is 50.0 Å². The maximum absolute atomic E-state index is 13.9. The molecule has 2 unspecified atom stereocenters. The first kappa shape index (κ1) is 40.5. The van der Waals surface area contributed by atoms with Gasteiger partial charge in [0.1, 0.15) is 17.7 Å². The quantitative estimate of drug-likeness (QED) is 0.140. The summed E-state index contributed by atoms with van der Waals surface area (Å²) in [6, 6.07) is 15.2. The van der Waals surface area contributed by atoms with Crippen LogP contribution in [0.2, 0.25) is 0 Å². The van der Waals surface area contributed by atoms with Crippen molar-refractivity contribution < 1.29 is 38.1 Å². The van der Waals surface area contributed by atoms with E-state index in [0.29, 0.717) is 44.2 Å². The van der Waals surface area contributed by atoms with Crippen molar-refractivity contribution in [3.8, 4) is 33.6 Å². The zero-order chi connectivity index (χ0) is 41.1. The molecule has 2 saturated heterocycles. The molecule has 4 N–H and O–H groups in total. The zero-order valence-electron chi connectivity index (χ0n) is 33.7. The van der Waals surface area contributed by atoms with Crippen LogP contribution in [0.25, 0.3) is 33.6 Å². The van der Waals surface area contributed by atoms with Crippen molar-refractivity contribution in [1.82, 2.24) is 40.6 Å². The van der Waals surface area contributed by atoms with E-state index >= 15 is 0 Å². The second-order valence-electron chi connectivity index (χ2n) is 15.7. The van der Waals surface area contributed by atoms with Gasteiger partial charge in [-0.05, 0) is 54.9 Å². The summed E-state index contributed by atoms with van der Waals surface area (Å²) in [5.41, 5.74) is 8.19. The van der Waals surface area contributed by atoms with Crippen molar-refractivity contribution in [3.05, 3.63) is 72.6 Å². The van der Waals surface area contributed by atoms with Crippen LogP contribution in [-0.4, -0.2) is 106 Å². The van der Waals surface area contributed by atoms with Crippen LogP contribution in [0.4, 0.5) is 9.59 Å². The van der Waals surface area contributed by atoms with Crippen LogP contribution in [0.5, 0.6) is 0 Å². The third-order valence-corrected chi connectivity index (χ3v) is 11.3. The highest BCUT2D eigenvalue weighted by Gasteiger charge is 2.54. The number of nitrogens with one attached hydrogen (secondary N) is 4. The number of H-pyrrole nitrogens is 2. The number of benzene rings is 2. The van der Waals surface area contributed by atoms with Crippen LogP contribution < -0.4 is 10.7 Å². The molecule has 1 saturated carbocycles. The Hall–Kier alpha value is -5.74. The van der Waals surface area contributed by atoms with E-state index < -0.39 is 29.9 Å². The largest absolute Gasteiger partial charge is 0.453 e. The summed E-state index contributed by atoms with van der Waals surface area (Å²) in [4.78, 5) is 69.7. The Balaban J connectivity index is 1.03. The lowest BCUT2D eigenvalue weighted by Gasteiger charge is -2.30. The van der Waals surface area contributed by atoms with Crippen LogP contribution in [0.15, 0.2) is 60.9 Å². The van der Waals surface area contributed by atoms with Gasteiger partial charge in [-0.2, -0.15) is 0 Å². The van der Waals surface area contributed by atoms with Gasteiger partial charge in [0, 0.05) is 31.3 Å². The van der Waals surface area contributed by atoms with Crippen molar-refractivity contribution in [2.75, 3.05) is 34.0 Å². The number of amides is 4. The molecule has 4 heterocycles. The van der Waals surface area contributed by atoms with E-state index in [1.54, 1.807) is 17.3 Å². The fraction of sp³-hybridized carbons (Fsp3) is 0.476. The first-order valence-corrected chi connectivity index (χ1v) is 19.8. The lowest BCUT2D eigenvalue weighted by molar-refractivity contribution is -0.159. The lowest BCUT2D eigenvalue weighted by atomic mass is 9.94. The number of likely N-dealkylation sites (tertiary alicyclic amines) is 1. The van der Waals surface area contributed by atoms with Gasteiger partial charge in [-0.25, -0.2) is 30.0 Å². The second-order valence-corrected chi connectivity index (χ2v) is 15.7. The van der Waals surface area contributed by atoms with Gasteiger partial charge in [0.25, 0.3) is 0 Å². The number of methoxy groups -OCH3 is 2. The summed E-state index contributed by atoms with van der Waals surface area (Å²) in [6.45, 7) is 8.92. The average Bonchev–Trinajstić information content (AvgIpc) is 4.09. The second kappa shape index (κ2) is 17.0. The minimum absolute atomic E-state index is 0.112. The van der Waals surface area contributed by atoms with E-state index in [9.17, 15) is 19.2 Å². The number of nitrogens with zero attached hydrogens (tertiary/aromatic N) is 4. The summed E-state index contributed by atoms with van der Waals surface area (Å²) in [6.07, 6.45) is 4.62. The molecule has 16 heteroatoms. The number of hydrazine groups is 1. The number of carbonyl (C=O) groups excluding carboxylic acids is 4. The van der Waals surface area contributed by atoms with E-state index in [-0.39, 0.29) is 35.7 Å². The van der Waals surface area contributed by atoms with Crippen molar-refractivity contribution in [2.24, 2.45) is 11.8 Å². The summed E-state index contributed by atoms with van der Waals surface area (Å²) in [5, 5.41) is 4.00. The molecule has 58 heavy (non-hydrogen) atoms. The van der Waals surface area contributed by atoms with Crippen molar-refractivity contribution in [2.45, 2.75) is 83.2 Å². The molecule has 2 aliphatic heterocycles. The third-order valence-electron chi connectivity index (χ3n) is 11.3. The lowest BCUT2D eigenvalue weighted by Crippen LogP contribution is -2.52. The minimum atomic E-state index is -0.886. The van der Waals surface area contributed by atoms with Crippen LogP contribution in [0.3, 0.4) is 0 Å². The first-order chi connectivity index (χ1) is 27.9. The maximum Gasteiger partial charge on any atom is 0.425 e. The number of carbonyl (C=O) groups is 4. The fourth-order valence-corrected chi connectivity index (χ4v) is 8.28. The molecule has 4 aromatic rings. The molecule has 0 radical (unpaired) electrons. The van der Waals surface area contributed by atoms with Gasteiger partial charge in [-0.1, -0.05) is 62.4 Å². The van der Waals surface area contributed by atoms with Gasteiger partial charge in [0.15, 0.2) is 5.79 Å². The number of ether oxygens (including phenoxy) is 4. The molecular formula is C42H52N8O8. The molecule has 16 nitrogen and oxygen atoms in total. The highest BCUT2D eigenvalue weighted by molar-refractivity contribution is 5.86. The third kappa shape index (κ3) is 8.29. The molecule has 7 rings (SSSR count). The molecule has 3 fully saturated rings. The minimum Gasteiger partial charge on any atom is -0.453 e. The van der Waals surface area contributed by atoms with E-state index in [4.69, 9.17) is 23.9 Å². The highest BCUT2D eigenvalue weighted by Crippen LogP contribution is 2.49. The number of hydrogen-bond donors (Lipinski definition) is 4. The van der Waals surface area contributed by atoms with Crippen LogP contribution in [0, 0.1) is 11.8 Å². The number of hydrogen-bond acceptors (Lipinski definition) is 10. The molecule has 1 aliphatic carbocycles. The Kier molecular flexibility index (Phi) is 11.9. The van der Waals surface area contributed by atoms with E-state index in [1.165, 1.54) is 19.2 Å². The van der Waals surface area contributed by atoms with Crippen molar-refractivity contribution in [1.29, 1.82) is 0 Å². The molecule has 1 spiro atoms. The predicted octanol–water partition coefficient (Wildman–Crippen LogP) is 5.92. The number of aromatic amines is 2. The van der Waals surface area contributed by atoms with Crippen LogP contribution in [-0.2, 0) is 28.5 Å². The number of imidazole rings is 2. The van der Waals surface area contributed by atoms with Gasteiger partial charge in [0.05, 0.1) is 63.2 Å². The molecule has 3 aliphatic rings. The molecular weight excluding hydrogens is 745 g/mol. The average molecular weight is 797 g/mol.